The Morgan fingerprint density at radius 3 is 2.76 bits per heavy atom. The molecule has 1 aliphatic rings. The van der Waals surface area contributed by atoms with Gasteiger partial charge >= 0.3 is 5.97 Å². The lowest BCUT2D eigenvalue weighted by atomic mass is 9.96. The molecule has 1 aromatic carbocycles. The standard InChI is InChI=1S/C14H14FN3O3/c15-11-3-1-10(2-4-11)14-16-12(17-21-14)8-18-6-9(7-18)5-13(19)20/h1-4,9H,5-8H2,(H,19,20). The smallest absolute Gasteiger partial charge is 0.303 e. The third-order valence-corrected chi connectivity index (χ3v) is 3.42. The van der Waals surface area contributed by atoms with E-state index in [-0.39, 0.29) is 18.2 Å². The summed E-state index contributed by atoms with van der Waals surface area (Å²) in [7, 11) is 0. The first-order valence-electron chi connectivity index (χ1n) is 6.63. The SMILES string of the molecule is O=C(O)CC1CN(Cc2noc(-c3ccc(F)cc3)n2)C1. The molecule has 1 N–H and O–H groups in total. The summed E-state index contributed by atoms with van der Waals surface area (Å²) in [5.41, 5.74) is 0.669. The van der Waals surface area contributed by atoms with E-state index in [2.05, 4.69) is 15.0 Å². The zero-order chi connectivity index (χ0) is 14.8. The average molecular weight is 291 g/mol. The Bertz CT molecular complexity index is 635. The summed E-state index contributed by atoms with van der Waals surface area (Å²) < 4.78 is 18.0. The number of aliphatic carboxylic acids is 1. The first kappa shape index (κ1) is 13.7. The maximum absolute atomic E-state index is 12.8. The van der Waals surface area contributed by atoms with Gasteiger partial charge < -0.3 is 9.63 Å². The minimum Gasteiger partial charge on any atom is -0.481 e. The largest absolute Gasteiger partial charge is 0.481 e. The highest BCUT2D eigenvalue weighted by atomic mass is 19.1. The molecule has 0 amide bonds. The highest BCUT2D eigenvalue weighted by Gasteiger charge is 2.29. The fourth-order valence-corrected chi connectivity index (χ4v) is 2.41. The van der Waals surface area contributed by atoms with Crippen LogP contribution in [0.1, 0.15) is 12.2 Å². The van der Waals surface area contributed by atoms with Gasteiger partial charge in [-0.05, 0) is 30.2 Å². The molecule has 2 aromatic rings. The fraction of sp³-hybridized carbons (Fsp3) is 0.357. The zero-order valence-electron chi connectivity index (χ0n) is 11.2. The van der Waals surface area contributed by atoms with E-state index in [1.807, 2.05) is 0 Å². The summed E-state index contributed by atoms with van der Waals surface area (Å²) >= 11 is 0. The van der Waals surface area contributed by atoms with Crippen LogP contribution in [0.4, 0.5) is 4.39 Å². The van der Waals surface area contributed by atoms with Gasteiger partial charge in [-0.3, -0.25) is 9.69 Å². The number of rotatable bonds is 5. The molecule has 0 radical (unpaired) electrons. The predicted octanol–water partition coefficient (Wildman–Crippen LogP) is 1.78. The van der Waals surface area contributed by atoms with Crippen molar-refractivity contribution in [3.63, 3.8) is 0 Å². The highest BCUT2D eigenvalue weighted by molar-refractivity contribution is 5.67. The molecule has 0 atom stereocenters. The minimum absolute atomic E-state index is 0.198. The van der Waals surface area contributed by atoms with Crippen LogP contribution in [0.25, 0.3) is 11.5 Å². The molecule has 110 valence electrons. The quantitative estimate of drug-likeness (QED) is 0.904. The Balaban J connectivity index is 1.57. The van der Waals surface area contributed by atoms with E-state index in [4.69, 9.17) is 9.63 Å². The topological polar surface area (TPSA) is 79.5 Å². The van der Waals surface area contributed by atoms with E-state index in [1.165, 1.54) is 12.1 Å². The molecule has 6 nitrogen and oxygen atoms in total. The molecule has 21 heavy (non-hydrogen) atoms. The van der Waals surface area contributed by atoms with Gasteiger partial charge in [-0.15, -0.1) is 0 Å². The summed E-state index contributed by atoms with van der Waals surface area (Å²) in [6.07, 6.45) is 0.198. The van der Waals surface area contributed by atoms with E-state index in [1.54, 1.807) is 12.1 Å². The maximum Gasteiger partial charge on any atom is 0.303 e. The van der Waals surface area contributed by atoms with Crippen LogP contribution in [0.3, 0.4) is 0 Å². The normalized spacial score (nSPS) is 15.9. The van der Waals surface area contributed by atoms with Gasteiger partial charge in [0.25, 0.3) is 5.89 Å². The van der Waals surface area contributed by atoms with Crippen molar-refractivity contribution >= 4 is 5.97 Å². The number of likely N-dealkylation sites (tertiary alicyclic amines) is 1. The molecule has 1 aromatic heterocycles. The fourth-order valence-electron chi connectivity index (χ4n) is 2.41. The van der Waals surface area contributed by atoms with E-state index in [0.29, 0.717) is 23.8 Å². The first-order valence-corrected chi connectivity index (χ1v) is 6.63. The second-order valence-electron chi connectivity index (χ2n) is 5.18. The summed E-state index contributed by atoms with van der Waals surface area (Å²) in [4.78, 5) is 16.9. The van der Waals surface area contributed by atoms with Gasteiger partial charge in [0.05, 0.1) is 13.0 Å². The van der Waals surface area contributed by atoms with Gasteiger partial charge in [0.1, 0.15) is 5.82 Å². The highest BCUT2D eigenvalue weighted by Crippen LogP contribution is 2.22. The maximum atomic E-state index is 12.8. The Morgan fingerprint density at radius 1 is 1.38 bits per heavy atom. The Kier molecular flexibility index (Phi) is 3.66. The van der Waals surface area contributed by atoms with Crippen LogP contribution in [-0.2, 0) is 11.3 Å². The third kappa shape index (κ3) is 3.25. The number of aromatic nitrogens is 2. The number of carbonyl (C=O) groups is 1. The van der Waals surface area contributed by atoms with Crippen LogP contribution >= 0.6 is 0 Å². The lowest BCUT2D eigenvalue weighted by molar-refractivity contribution is -0.139. The lowest BCUT2D eigenvalue weighted by Crippen LogP contribution is -2.46. The van der Waals surface area contributed by atoms with E-state index in [9.17, 15) is 9.18 Å². The van der Waals surface area contributed by atoms with Crippen molar-refractivity contribution in [3.05, 3.63) is 35.9 Å². The summed E-state index contributed by atoms with van der Waals surface area (Å²) in [6.45, 7) is 1.99. The minimum atomic E-state index is -0.766. The van der Waals surface area contributed by atoms with Crippen LogP contribution in [0, 0.1) is 11.7 Å². The van der Waals surface area contributed by atoms with Gasteiger partial charge in [-0.1, -0.05) is 5.16 Å². The summed E-state index contributed by atoms with van der Waals surface area (Å²) in [6, 6.07) is 5.84. The first-order chi connectivity index (χ1) is 10.1. The number of halogens is 1. The van der Waals surface area contributed by atoms with Crippen molar-refractivity contribution in [2.45, 2.75) is 13.0 Å². The van der Waals surface area contributed by atoms with E-state index >= 15 is 0 Å². The van der Waals surface area contributed by atoms with Gasteiger partial charge in [0, 0.05) is 18.7 Å². The van der Waals surface area contributed by atoms with Crippen LogP contribution in [0.5, 0.6) is 0 Å². The Morgan fingerprint density at radius 2 is 2.10 bits per heavy atom. The number of carboxylic acids is 1. The van der Waals surface area contributed by atoms with Crippen LogP contribution in [0.15, 0.2) is 28.8 Å². The second-order valence-corrected chi connectivity index (χ2v) is 5.18. The van der Waals surface area contributed by atoms with Crippen LogP contribution in [-0.4, -0.2) is 39.2 Å². The van der Waals surface area contributed by atoms with Crippen molar-refractivity contribution in [3.8, 4) is 11.5 Å². The molecule has 0 saturated carbocycles. The molecule has 0 spiro atoms. The molecule has 1 aliphatic heterocycles. The van der Waals surface area contributed by atoms with Crippen molar-refractivity contribution in [1.82, 2.24) is 15.0 Å². The second kappa shape index (κ2) is 5.61. The summed E-state index contributed by atoms with van der Waals surface area (Å²) in [5.74, 6) is 0.0167. The molecular formula is C14H14FN3O3. The molecule has 7 heteroatoms. The van der Waals surface area contributed by atoms with Gasteiger partial charge in [-0.25, -0.2) is 4.39 Å². The van der Waals surface area contributed by atoms with Gasteiger partial charge in [-0.2, -0.15) is 4.98 Å². The van der Waals surface area contributed by atoms with Gasteiger partial charge in [0.15, 0.2) is 5.82 Å². The Hall–Kier alpha value is -2.28. The average Bonchev–Trinajstić information content (AvgIpc) is 2.85. The monoisotopic (exact) mass is 291 g/mol. The molecule has 0 bridgehead atoms. The predicted molar refractivity (Wildman–Crippen MR) is 70.7 cm³/mol. The van der Waals surface area contributed by atoms with Crippen molar-refractivity contribution in [2.75, 3.05) is 13.1 Å². The third-order valence-electron chi connectivity index (χ3n) is 3.42. The van der Waals surface area contributed by atoms with Crippen LogP contribution < -0.4 is 0 Å². The van der Waals surface area contributed by atoms with Crippen LogP contribution in [0.2, 0.25) is 0 Å². The Labute approximate surface area is 120 Å². The van der Waals surface area contributed by atoms with Gasteiger partial charge in [0.2, 0.25) is 0 Å². The number of hydrogen-bond acceptors (Lipinski definition) is 5. The molecule has 3 rings (SSSR count). The number of hydrogen-bond donors (Lipinski definition) is 1. The summed E-state index contributed by atoms with van der Waals surface area (Å²) in [5, 5.41) is 12.6. The van der Waals surface area contributed by atoms with Crippen molar-refractivity contribution < 1.29 is 18.8 Å². The zero-order valence-corrected chi connectivity index (χ0v) is 11.2. The number of carboxylic acid groups (broad SMARTS) is 1. The van der Waals surface area contributed by atoms with Crippen molar-refractivity contribution in [1.29, 1.82) is 0 Å². The molecule has 2 heterocycles. The molecular weight excluding hydrogens is 277 g/mol. The van der Waals surface area contributed by atoms with E-state index in [0.717, 1.165) is 13.1 Å². The van der Waals surface area contributed by atoms with E-state index < -0.39 is 5.97 Å². The lowest BCUT2D eigenvalue weighted by Gasteiger charge is -2.37. The van der Waals surface area contributed by atoms with Crippen molar-refractivity contribution in [2.24, 2.45) is 5.92 Å². The molecule has 0 unspecified atom stereocenters. The molecule has 0 aliphatic carbocycles. The molecule has 1 saturated heterocycles. The molecule has 1 fully saturated rings. The number of nitrogens with zero attached hydrogens (tertiary/aromatic N) is 3. The number of benzene rings is 1.